The Balaban J connectivity index is 2.69. The van der Waals surface area contributed by atoms with Gasteiger partial charge in [0.15, 0.2) is 0 Å². The lowest BCUT2D eigenvalue weighted by molar-refractivity contribution is 0.315. The van der Waals surface area contributed by atoms with Gasteiger partial charge in [-0.3, -0.25) is 0 Å². The zero-order valence-corrected chi connectivity index (χ0v) is 13.8. The fourth-order valence-electron chi connectivity index (χ4n) is 1.68. The van der Waals surface area contributed by atoms with Gasteiger partial charge < -0.3 is 10.1 Å². The molecule has 0 amide bonds. The van der Waals surface area contributed by atoms with Gasteiger partial charge in [0.2, 0.25) is 0 Å². The molecule has 0 saturated carbocycles. The van der Waals surface area contributed by atoms with E-state index < -0.39 is 0 Å². The second-order valence-corrected chi connectivity index (χ2v) is 6.08. The van der Waals surface area contributed by atoms with Crippen LogP contribution in [-0.4, -0.2) is 25.2 Å². The van der Waals surface area contributed by atoms with Gasteiger partial charge in [-0.05, 0) is 43.5 Å². The van der Waals surface area contributed by atoms with Gasteiger partial charge in [-0.25, -0.2) is 0 Å². The highest BCUT2D eigenvalue weighted by Crippen LogP contribution is 2.32. The third-order valence-electron chi connectivity index (χ3n) is 2.57. The quantitative estimate of drug-likeness (QED) is 0.670. The second-order valence-electron chi connectivity index (χ2n) is 4.25. The second kappa shape index (κ2) is 9.76. The van der Waals surface area contributed by atoms with Crippen molar-refractivity contribution in [2.45, 2.75) is 26.3 Å². The summed E-state index contributed by atoms with van der Waals surface area (Å²) in [5.41, 5.74) is 1.02. The monoisotopic (exact) mass is 321 g/mol. The summed E-state index contributed by atoms with van der Waals surface area (Å²) in [6, 6.07) is 3.65. The molecule has 0 heterocycles. The number of hydrogen-bond donors (Lipinski definition) is 1. The minimum absolute atomic E-state index is 0.588. The molecule has 1 aromatic carbocycles. The van der Waals surface area contributed by atoms with Gasteiger partial charge in [0.05, 0.1) is 11.6 Å². The first-order chi connectivity index (χ1) is 9.19. The SMILES string of the molecule is CCCNCc1cc(Cl)cc(Cl)c1OCCCSC. The van der Waals surface area contributed by atoms with Crippen LogP contribution in [0.5, 0.6) is 5.75 Å². The fraction of sp³-hybridized carbons (Fsp3) is 0.571. The Kier molecular flexibility index (Phi) is 8.71. The number of rotatable bonds is 9. The molecular formula is C14H21Cl2NOS. The molecule has 0 aliphatic carbocycles. The van der Waals surface area contributed by atoms with E-state index in [2.05, 4.69) is 18.5 Å². The maximum atomic E-state index is 6.22. The van der Waals surface area contributed by atoms with E-state index in [4.69, 9.17) is 27.9 Å². The lowest BCUT2D eigenvalue weighted by Gasteiger charge is -2.14. The summed E-state index contributed by atoms with van der Waals surface area (Å²) in [6.07, 6.45) is 4.20. The molecule has 19 heavy (non-hydrogen) atoms. The molecule has 2 nitrogen and oxygen atoms in total. The Labute approximate surface area is 130 Å². The topological polar surface area (TPSA) is 21.3 Å². The van der Waals surface area contributed by atoms with Gasteiger partial charge in [-0.1, -0.05) is 30.1 Å². The van der Waals surface area contributed by atoms with Crippen LogP contribution in [0.3, 0.4) is 0 Å². The number of benzene rings is 1. The normalized spacial score (nSPS) is 10.7. The predicted octanol–water partition coefficient (Wildman–Crippen LogP) is 4.62. The molecule has 0 atom stereocenters. The molecule has 0 aliphatic heterocycles. The van der Waals surface area contributed by atoms with E-state index in [1.165, 1.54) is 0 Å². The number of nitrogens with one attached hydrogen (secondary N) is 1. The molecule has 0 bridgehead atoms. The van der Waals surface area contributed by atoms with Crippen LogP contribution in [0.15, 0.2) is 12.1 Å². The summed E-state index contributed by atoms with van der Waals surface area (Å²) in [5.74, 6) is 1.85. The summed E-state index contributed by atoms with van der Waals surface area (Å²) in [5, 5.41) is 4.58. The highest BCUT2D eigenvalue weighted by atomic mass is 35.5. The average Bonchev–Trinajstić information content (AvgIpc) is 2.37. The maximum absolute atomic E-state index is 6.22. The molecular weight excluding hydrogens is 301 g/mol. The van der Waals surface area contributed by atoms with Crippen molar-refractivity contribution in [2.75, 3.05) is 25.2 Å². The van der Waals surface area contributed by atoms with E-state index in [1.807, 2.05) is 17.8 Å². The Morgan fingerprint density at radius 2 is 2.11 bits per heavy atom. The minimum Gasteiger partial charge on any atom is -0.492 e. The third kappa shape index (κ3) is 6.26. The smallest absolute Gasteiger partial charge is 0.142 e. The molecule has 1 aromatic rings. The van der Waals surface area contributed by atoms with Crippen molar-refractivity contribution in [3.05, 3.63) is 27.7 Å². The zero-order valence-electron chi connectivity index (χ0n) is 11.5. The lowest BCUT2D eigenvalue weighted by Crippen LogP contribution is -2.15. The molecule has 0 fully saturated rings. The van der Waals surface area contributed by atoms with Gasteiger partial charge in [-0.2, -0.15) is 11.8 Å². The van der Waals surface area contributed by atoms with Crippen LogP contribution in [0.1, 0.15) is 25.3 Å². The first-order valence-corrected chi connectivity index (χ1v) is 8.64. The van der Waals surface area contributed by atoms with Gasteiger partial charge in [-0.15, -0.1) is 0 Å². The molecule has 0 aromatic heterocycles. The highest BCUT2D eigenvalue weighted by Gasteiger charge is 2.10. The summed E-state index contributed by atoms with van der Waals surface area (Å²) in [6.45, 7) is 4.52. The highest BCUT2D eigenvalue weighted by molar-refractivity contribution is 7.98. The van der Waals surface area contributed by atoms with E-state index in [9.17, 15) is 0 Å². The Morgan fingerprint density at radius 3 is 2.79 bits per heavy atom. The summed E-state index contributed by atoms with van der Waals surface area (Å²) in [4.78, 5) is 0. The minimum atomic E-state index is 0.588. The molecule has 0 radical (unpaired) electrons. The van der Waals surface area contributed by atoms with Crippen LogP contribution >= 0.6 is 35.0 Å². The fourth-order valence-corrected chi connectivity index (χ4v) is 2.68. The Morgan fingerprint density at radius 1 is 1.32 bits per heavy atom. The van der Waals surface area contributed by atoms with Crippen molar-refractivity contribution < 1.29 is 4.74 Å². The number of hydrogen-bond acceptors (Lipinski definition) is 3. The van der Waals surface area contributed by atoms with Gasteiger partial charge in [0.1, 0.15) is 5.75 Å². The van der Waals surface area contributed by atoms with Crippen LogP contribution < -0.4 is 10.1 Å². The van der Waals surface area contributed by atoms with Crippen LogP contribution in [0, 0.1) is 0 Å². The van der Waals surface area contributed by atoms with Gasteiger partial charge in [0.25, 0.3) is 0 Å². The lowest BCUT2D eigenvalue weighted by atomic mass is 10.2. The maximum Gasteiger partial charge on any atom is 0.142 e. The molecule has 0 unspecified atom stereocenters. The Hall–Kier alpha value is -0.0900. The van der Waals surface area contributed by atoms with Crippen LogP contribution in [-0.2, 0) is 6.54 Å². The van der Waals surface area contributed by atoms with E-state index >= 15 is 0 Å². The zero-order chi connectivity index (χ0) is 14.1. The first-order valence-electron chi connectivity index (χ1n) is 6.49. The molecule has 0 saturated heterocycles. The van der Waals surface area contributed by atoms with Crippen molar-refractivity contribution in [2.24, 2.45) is 0 Å². The van der Waals surface area contributed by atoms with Crippen molar-refractivity contribution in [3.8, 4) is 5.75 Å². The molecule has 0 spiro atoms. The van der Waals surface area contributed by atoms with Gasteiger partial charge >= 0.3 is 0 Å². The van der Waals surface area contributed by atoms with Gasteiger partial charge in [0, 0.05) is 17.1 Å². The molecule has 108 valence electrons. The van der Waals surface area contributed by atoms with Crippen LogP contribution in [0.4, 0.5) is 0 Å². The van der Waals surface area contributed by atoms with Crippen molar-refractivity contribution in [3.63, 3.8) is 0 Å². The van der Waals surface area contributed by atoms with E-state index in [1.54, 1.807) is 6.07 Å². The summed E-state index contributed by atoms with van der Waals surface area (Å²) in [7, 11) is 0. The largest absolute Gasteiger partial charge is 0.492 e. The number of ether oxygens (including phenoxy) is 1. The van der Waals surface area contributed by atoms with Crippen LogP contribution in [0.2, 0.25) is 10.0 Å². The predicted molar refractivity (Wildman–Crippen MR) is 87.0 cm³/mol. The van der Waals surface area contributed by atoms with Crippen molar-refractivity contribution in [1.29, 1.82) is 0 Å². The number of halogens is 2. The van der Waals surface area contributed by atoms with Crippen molar-refractivity contribution in [1.82, 2.24) is 5.32 Å². The molecule has 0 aliphatic rings. The Bertz CT molecular complexity index is 388. The standard InChI is InChI=1S/C14H21Cl2NOS/c1-3-5-17-10-11-8-12(15)9-13(16)14(11)18-6-4-7-19-2/h8-9,17H,3-7,10H2,1-2H3. The van der Waals surface area contributed by atoms with E-state index in [-0.39, 0.29) is 0 Å². The number of thioether (sulfide) groups is 1. The molecule has 5 heteroatoms. The van der Waals surface area contributed by atoms with Crippen LogP contribution in [0.25, 0.3) is 0 Å². The van der Waals surface area contributed by atoms with E-state index in [0.29, 0.717) is 16.7 Å². The summed E-state index contributed by atoms with van der Waals surface area (Å²) >= 11 is 14.1. The molecule has 1 N–H and O–H groups in total. The molecule has 1 rings (SSSR count). The average molecular weight is 322 g/mol. The first kappa shape index (κ1) is 17.0. The van der Waals surface area contributed by atoms with Crippen molar-refractivity contribution >= 4 is 35.0 Å². The third-order valence-corrected chi connectivity index (χ3v) is 3.76. The van der Waals surface area contributed by atoms with E-state index in [0.717, 1.165) is 43.0 Å². The summed E-state index contributed by atoms with van der Waals surface area (Å²) < 4.78 is 5.81.